The normalized spacial score (nSPS) is 18.7. The van der Waals surface area contributed by atoms with E-state index in [9.17, 15) is 14.4 Å². The average Bonchev–Trinajstić information content (AvgIpc) is 2.74. The number of urea groups is 1. The van der Waals surface area contributed by atoms with Crippen LogP contribution in [0.1, 0.15) is 33.1 Å². The lowest BCUT2D eigenvalue weighted by Crippen LogP contribution is -2.44. The van der Waals surface area contributed by atoms with Crippen LogP contribution < -0.4 is 10.6 Å². The SMILES string of the molecule is CC(C)CCNC(=O)NC(=O)CN1CCC(CC(=O)O)C1. The first-order chi connectivity index (χ1) is 9.86. The fourth-order valence-electron chi connectivity index (χ4n) is 2.36. The number of nitrogens with one attached hydrogen (secondary N) is 2. The molecule has 1 fully saturated rings. The Morgan fingerprint density at radius 1 is 1.33 bits per heavy atom. The molecule has 1 heterocycles. The molecule has 3 amide bonds. The number of imide groups is 1. The predicted octanol–water partition coefficient (Wildman–Crippen LogP) is 0.655. The van der Waals surface area contributed by atoms with Crippen molar-refractivity contribution in [2.45, 2.75) is 33.1 Å². The number of carbonyl (C=O) groups is 3. The highest BCUT2D eigenvalue weighted by atomic mass is 16.4. The van der Waals surface area contributed by atoms with Crippen molar-refractivity contribution < 1.29 is 19.5 Å². The molecule has 0 aromatic rings. The van der Waals surface area contributed by atoms with Crippen LogP contribution in [0, 0.1) is 11.8 Å². The minimum absolute atomic E-state index is 0.0927. The zero-order valence-corrected chi connectivity index (χ0v) is 12.7. The van der Waals surface area contributed by atoms with E-state index in [1.54, 1.807) is 0 Å². The maximum absolute atomic E-state index is 11.7. The van der Waals surface area contributed by atoms with E-state index in [0.29, 0.717) is 25.6 Å². The summed E-state index contributed by atoms with van der Waals surface area (Å²) in [6, 6.07) is -0.470. The molecule has 1 saturated heterocycles. The number of rotatable bonds is 7. The van der Waals surface area contributed by atoms with E-state index in [1.165, 1.54) is 0 Å². The molecule has 120 valence electrons. The van der Waals surface area contributed by atoms with Gasteiger partial charge in [0.25, 0.3) is 0 Å². The quantitative estimate of drug-likeness (QED) is 0.641. The molecular formula is C14H25N3O4. The fourth-order valence-corrected chi connectivity index (χ4v) is 2.36. The Hall–Kier alpha value is -1.63. The molecule has 7 heteroatoms. The van der Waals surface area contributed by atoms with Gasteiger partial charge in [0, 0.05) is 19.5 Å². The zero-order chi connectivity index (χ0) is 15.8. The van der Waals surface area contributed by atoms with Crippen LogP contribution in [-0.2, 0) is 9.59 Å². The fraction of sp³-hybridized carbons (Fsp3) is 0.786. The van der Waals surface area contributed by atoms with Crippen LogP contribution in [0.15, 0.2) is 0 Å². The van der Waals surface area contributed by atoms with Crippen molar-refractivity contribution in [1.29, 1.82) is 0 Å². The molecule has 3 N–H and O–H groups in total. The van der Waals surface area contributed by atoms with Gasteiger partial charge in [0.2, 0.25) is 5.91 Å². The van der Waals surface area contributed by atoms with Crippen LogP contribution >= 0.6 is 0 Å². The monoisotopic (exact) mass is 299 g/mol. The molecule has 21 heavy (non-hydrogen) atoms. The number of likely N-dealkylation sites (tertiary alicyclic amines) is 1. The Bertz CT molecular complexity index is 384. The minimum Gasteiger partial charge on any atom is -0.481 e. The summed E-state index contributed by atoms with van der Waals surface area (Å²) in [5, 5.41) is 13.7. The van der Waals surface area contributed by atoms with E-state index in [0.717, 1.165) is 12.8 Å². The van der Waals surface area contributed by atoms with Crippen LogP contribution in [0.4, 0.5) is 4.79 Å². The van der Waals surface area contributed by atoms with E-state index in [-0.39, 0.29) is 24.8 Å². The number of carbonyl (C=O) groups excluding carboxylic acids is 2. The third-order valence-corrected chi connectivity index (χ3v) is 3.46. The zero-order valence-electron chi connectivity index (χ0n) is 12.7. The first-order valence-corrected chi connectivity index (χ1v) is 7.38. The van der Waals surface area contributed by atoms with E-state index in [4.69, 9.17) is 5.11 Å². The van der Waals surface area contributed by atoms with Gasteiger partial charge in [-0.15, -0.1) is 0 Å². The van der Waals surface area contributed by atoms with Gasteiger partial charge >= 0.3 is 12.0 Å². The second-order valence-electron chi connectivity index (χ2n) is 5.97. The molecular weight excluding hydrogens is 274 g/mol. The molecule has 1 atom stereocenters. The van der Waals surface area contributed by atoms with Gasteiger partial charge in [0.15, 0.2) is 0 Å². The maximum atomic E-state index is 11.7. The van der Waals surface area contributed by atoms with Crippen molar-refractivity contribution in [2.75, 3.05) is 26.2 Å². The van der Waals surface area contributed by atoms with Crippen LogP contribution in [0.5, 0.6) is 0 Å². The highest BCUT2D eigenvalue weighted by molar-refractivity contribution is 5.95. The van der Waals surface area contributed by atoms with Crippen LogP contribution in [0.25, 0.3) is 0 Å². The van der Waals surface area contributed by atoms with Crippen molar-refractivity contribution in [2.24, 2.45) is 11.8 Å². The summed E-state index contributed by atoms with van der Waals surface area (Å²) in [5.41, 5.74) is 0. The minimum atomic E-state index is -0.809. The molecule has 0 aromatic carbocycles. The molecule has 7 nitrogen and oxygen atoms in total. The molecule has 1 unspecified atom stereocenters. The Balaban J connectivity index is 2.19. The van der Waals surface area contributed by atoms with Crippen molar-refractivity contribution in [3.05, 3.63) is 0 Å². The van der Waals surface area contributed by atoms with E-state index >= 15 is 0 Å². The number of hydrogen-bond acceptors (Lipinski definition) is 4. The Labute approximate surface area is 125 Å². The first-order valence-electron chi connectivity index (χ1n) is 7.38. The average molecular weight is 299 g/mol. The summed E-state index contributed by atoms with van der Waals surface area (Å²) in [6.45, 7) is 6.08. The van der Waals surface area contributed by atoms with Gasteiger partial charge in [0.05, 0.1) is 6.54 Å². The second kappa shape index (κ2) is 8.61. The standard InChI is InChI=1S/C14H25N3O4/c1-10(2)3-5-15-14(21)16-12(18)9-17-6-4-11(8-17)7-13(19)20/h10-11H,3-9H2,1-2H3,(H,19,20)(H2,15,16,18,21). The molecule has 0 aromatic heterocycles. The van der Waals surface area contributed by atoms with Crippen molar-refractivity contribution in [3.8, 4) is 0 Å². The molecule has 0 spiro atoms. The van der Waals surface area contributed by atoms with E-state index < -0.39 is 12.0 Å². The summed E-state index contributed by atoms with van der Waals surface area (Å²) >= 11 is 0. The van der Waals surface area contributed by atoms with Gasteiger partial charge in [-0.3, -0.25) is 19.8 Å². The summed E-state index contributed by atoms with van der Waals surface area (Å²) < 4.78 is 0. The summed E-state index contributed by atoms with van der Waals surface area (Å²) in [5.74, 6) is -0.573. The lowest BCUT2D eigenvalue weighted by molar-refractivity contribution is -0.138. The molecule has 1 aliphatic heterocycles. The second-order valence-corrected chi connectivity index (χ2v) is 5.97. The van der Waals surface area contributed by atoms with Gasteiger partial charge in [-0.1, -0.05) is 13.8 Å². The van der Waals surface area contributed by atoms with E-state index in [2.05, 4.69) is 24.5 Å². The smallest absolute Gasteiger partial charge is 0.321 e. The highest BCUT2D eigenvalue weighted by Gasteiger charge is 2.26. The summed E-state index contributed by atoms with van der Waals surface area (Å²) in [7, 11) is 0. The topological polar surface area (TPSA) is 98.7 Å². The Morgan fingerprint density at radius 2 is 2.05 bits per heavy atom. The van der Waals surface area contributed by atoms with Crippen LogP contribution in [0.2, 0.25) is 0 Å². The first kappa shape index (κ1) is 17.4. The van der Waals surface area contributed by atoms with Gasteiger partial charge in [-0.2, -0.15) is 0 Å². The molecule has 0 radical (unpaired) electrons. The number of carboxylic acids is 1. The van der Waals surface area contributed by atoms with Crippen LogP contribution in [-0.4, -0.2) is 54.1 Å². The lowest BCUT2D eigenvalue weighted by atomic mass is 10.1. The van der Waals surface area contributed by atoms with Crippen LogP contribution in [0.3, 0.4) is 0 Å². The number of aliphatic carboxylic acids is 1. The number of carboxylic acid groups (broad SMARTS) is 1. The van der Waals surface area contributed by atoms with Gasteiger partial charge < -0.3 is 10.4 Å². The lowest BCUT2D eigenvalue weighted by Gasteiger charge is -2.15. The number of nitrogens with zero attached hydrogens (tertiary/aromatic N) is 1. The maximum Gasteiger partial charge on any atom is 0.321 e. The third-order valence-electron chi connectivity index (χ3n) is 3.46. The summed E-state index contributed by atoms with van der Waals surface area (Å²) in [4.78, 5) is 35.7. The Kier molecular flexibility index (Phi) is 7.14. The van der Waals surface area contributed by atoms with E-state index in [1.807, 2.05) is 4.90 Å². The number of hydrogen-bond donors (Lipinski definition) is 3. The third kappa shape index (κ3) is 7.65. The van der Waals surface area contributed by atoms with Crippen molar-refractivity contribution >= 4 is 17.9 Å². The molecule has 0 bridgehead atoms. The largest absolute Gasteiger partial charge is 0.481 e. The molecule has 1 rings (SSSR count). The number of amides is 3. The highest BCUT2D eigenvalue weighted by Crippen LogP contribution is 2.18. The van der Waals surface area contributed by atoms with Crippen molar-refractivity contribution in [3.63, 3.8) is 0 Å². The molecule has 0 saturated carbocycles. The van der Waals surface area contributed by atoms with Gasteiger partial charge in [0.1, 0.15) is 0 Å². The predicted molar refractivity (Wildman–Crippen MR) is 77.8 cm³/mol. The van der Waals surface area contributed by atoms with Crippen molar-refractivity contribution in [1.82, 2.24) is 15.5 Å². The molecule has 0 aliphatic carbocycles. The molecule has 1 aliphatic rings. The van der Waals surface area contributed by atoms with Gasteiger partial charge in [-0.25, -0.2) is 4.79 Å². The van der Waals surface area contributed by atoms with Gasteiger partial charge in [-0.05, 0) is 31.2 Å². The summed E-state index contributed by atoms with van der Waals surface area (Å²) in [6.07, 6.45) is 1.78. The Morgan fingerprint density at radius 3 is 2.67 bits per heavy atom.